The first-order valence-electron chi connectivity index (χ1n) is 4.87. The van der Waals surface area contributed by atoms with E-state index in [1.807, 2.05) is 4.90 Å². The molecule has 1 atom stereocenters. The minimum Gasteiger partial charge on any atom is -0.392 e. The summed E-state index contributed by atoms with van der Waals surface area (Å²) in [7, 11) is 0. The molecule has 5 heteroatoms. The molecule has 0 bridgehead atoms. The Morgan fingerprint density at radius 1 is 1.57 bits per heavy atom. The number of likely N-dealkylation sites (tertiary alicyclic amines) is 1. The summed E-state index contributed by atoms with van der Waals surface area (Å²) < 4.78 is 0. The summed E-state index contributed by atoms with van der Waals surface area (Å²) in [5.74, 6) is -0.644. The van der Waals surface area contributed by atoms with Gasteiger partial charge in [-0.2, -0.15) is 0 Å². The maximum absolute atomic E-state index is 10.9. The Hall–Kier alpha value is -0.650. The number of piperidine rings is 1. The van der Waals surface area contributed by atoms with E-state index in [0.717, 1.165) is 0 Å². The van der Waals surface area contributed by atoms with E-state index < -0.39 is 11.5 Å². The number of aliphatic hydroxyl groups is 2. The first-order valence-corrected chi connectivity index (χ1v) is 4.87. The number of carbonyl (C=O) groups excluding carboxylic acids is 1. The molecule has 1 unspecified atom stereocenters. The Balaban J connectivity index is 2.42. The van der Waals surface area contributed by atoms with Gasteiger partial charge in [-0.15, -0.1) is 0 Å². The van der Waals surface area contributed by atoms with Crippen LogP contribution in [0.5, 0.6) is 0 Å². The van der Waals surface area contributed by atoms with Crippen LogP contribution in [0.15, 0.2) is 0 Å². The van der Waals surface area contributed by atoms with E-state index in [4.69, 9.17) is 10.8 Å². The Kier molecular flexibility index (Phi) is 3.47. The summed E-state index contributed by atoms with van der Waals surface area (Å²) in [6.07, 6.45) is 0.333. The minimum atomic E-state index is -1.34. The van der Waals surface area contributed by atoms with Gasteiger partial charge >= 0.3 is 0 Å². The third-order valence-electron chi connectivity index (χ3n) is 2.66. The average Bonchev–Trinajstić information content (AvgIpc) is 2.08. The van der Waals surface area contributed by atoms with Crippen molar-refractivity contribution < 1.29 is 15.0 Å². The standard InChI is InChI=1S/C9H18N2O3/c1-7(12)6-11-4-2-9(14,3-5-11)8(10)13/h7,12,14H,2-6H2,1H3,(H2,10,13). The van der Waals surface area contributed by atoms with Gasteiger partial charge in [0.15, 0.2) is 0 Å². The van der Waals surface area contributed by atoms with Crippen molar-refractivity contribution in [3.05, 3.63) is 0 Å². The molecule has 4 N–H and O–H groups in total. The zero-order valence-electron chi connectivity index (χ0n) is 8.44. The summed E-state index contributed by atoms with van der Waals surface area (Å²) in [5.41, 5.74) is 3.75. The molecule has 14 heavy (non-hydrogen) atoms. The van der Waals surface area contributed by atoms with Crippen molar-refractivity contribution >= 4 is 5.91 Å². The number of nitrogens with two attached hydrogens (primary N) is 1. The summed E-state index contributed by atoms with van der Waals surface area (Å²) in [5, 5.41) is 18.9. The normalized spacial score (nSPS) is 24.5. The lowest BCUT2D eigenvalue weighted by Gasteiger charge is -2.36. The lowest BCUT2D eigenvalue weighted by molar-refractivity contribution is -0.141. The molecule has 1 rings (SSSR count). The molecule has 0 aromatic carbocycles. The van der Waals surface area contributed by atoms with Crippen molar-refractivity contribution in [3.8, 4) is 0 Å². The van der Waals surface area contributed by atoms with Crippen LogP contribution < -0.4 is 5.73 Å². The third-order valence-corrected chi connectivity index (χ3v) is 2.66. The lowest BCUT2D eigenvalue weighted by atomic mass is 9.91. The number of aliphatic hydroxyl groups excluding tert-OH is 1. The monoisotopic (exact) mass is 202 g/mol. The van der Waals surface area contributed by atoms with Gasteiger partial charge in [-0.05, 0) is 19.8 Å². The van der Waals surface area contributed by atoms with Crippen LogP contribution in [0.4, 0.5) is 0 Å². The molecule has 82 valence electrons. The van der Waals surface area contributed by atoms with Crippen LogP contribution in [0.25, 0.3) is 0 Å². The molecule has 0 spiro atoms. The number of hydrogen-bond acceptors (Lipinski definition) is 4. The Morgan fingerprint density at radius 3 is 2.43 bits per heavy atom. The molecule has 0 aromatic rings. The lowest BCUT2D eigenvalue weighted by Crippen LogP contribution is -2.53. The zero-order chi connectivity index (χ0) is 10.8. The maximum atomic E-state index is 10.9. The largest absolute Gasteiger partial charge is 0.392 e. The molecular formula is C9H18N2O3. The fraction of sp³-hybridized carbons (Fsp3) is 0.889. The SMILES string of the molecule is CC(O)CN1CCC(O)(C(N)=O)CC1. The van der Waals surface area contributed by atoms with Crippen molar-refractivity contribution in [3.63, 3.8) is 0 Å². The molecule has 1 saturated heterocycles. The first-order chi connectivity index (χ1) is 6.44. The Bertz CT molecular complexity index is 210. The van der Waals surface area contributed by atoms with Crippen LogP contribution >= 0.6 is 0 Å². The van der Waals surface area contributed by atoms with E-state index in [2.05, 4.69) is 0 Å². The van der Waals surface area contributed by atoms with Gasteiger partial charge in [-0.1, -0.05) is 0 Å². The summed E-state index contributed by atoms with van der Waals surface area (Å²) in [6.45, 7) is 3.50. The number of β-amino-alcohol motifs (C(OH)–C–C–N with tert-alkyl or cyclic N) is 1. The molecule has 1 heterocycles. The summed E-state index contributed by atoms with van der Waals surface area (Å²) in [6, 6.07) is 0. The molecule has 1 amide bonds. The van der Waals surface area contributed by atoms with Crippen LogP contribution in [0.2, 0.25) is 0 Å². The Morgan fingerprint density at radius 2 is 2.07 bits per heavy atom. The molecule has 1 aliphatic heterocycles. The Labute approximate surface area is 83.5 Å². The second-order valence-electron chi connectivity index (χ2n) is 4.05. The van der Waals surface area contributed by atoms with Crippen molar-refractivity contribution in [1.82, 2.24) is 4.90 Å². The molecule has 5 nitrogen and oxygen atoms in total. The fourth-order valence-corrected chi connectivity index (χ4v) is 1.73. The van der Waals surface area contributed by atoms with Crippen molar-refractivity contribution in [2.75, 3.05) is 19.6 Å². The van der Waals surface area contributed by atoms with E-state index >= 15 is 0 Å². The van der Waals surface area contributed by atoms with Gasteiger partial charge in [0.05, 0.1) is 6.10 Å². The second-order valence-corrected chi connectivity index (χ2v) is 4.05. The summed E-state index contributed by atoms with van der Waals surface area (Å²) in [4.78, 5) is 12.9. The van der Waals surface area contributed by atoms with Gasteiger partial charge in [0.1, 0.15) is 5.60 Å². The van der Waals surface area contributed by atoms with E-state index in [1.165, 1.54) is 0 Å². The van der Waals surface area contributed by atoms with E-state index in [0.29, 0.717) is 32.5 Å². The molecular weight excluding hydrogens is 184 g/mol. The minimum absolute atomic E-state index is 0.356. The van der Waals surface area contributed by atoms with E-state index in [-0.39, 0.29) is 6.10 Å². The van der Waals surface area contributed by atoms with E-state index in [9.17, 15) is 9.90 Å². The predicted molar refractivity (Wildman–Crippen MR) is 51.5 cm³/mol. The molecule has 1 aliphatic rings. The van der Waals surface area contributed by atoms with Gasteiger partial charge in [0, 0.05) is 19.6 Å². The molecule has 0 radical (unpaired) electrons. The number of primary amides is 1. The molecule has 0 aliphatic carbocycles. The highest BCUT2D eigenvalue weighted by Crippen LogP contribution is 2.21. The molecule has 1 fully saturated rings. The van der Waals surface area contributed by atoms with Gasteiger partial charge in [0.2, 0.25) is 5.91 Å². The van der Waals surface area contributed by atoms with Crippen LogP contribution in [0.1, 0.15) is 19.8 Å². The molecule has 0 saturated carbocycles. The molecule has 0 aromatic heterocycles. The summed E-state index contributed by atoms with van der Waals surface area (Å²) >= 11 is 0. The van der Waals surface area contributed by atoms with Crippen molar-refractivity contribution in [1.29, 1.82) is 0 Å². The van der Waals surface area contributed by atoms with Gasteiger partial charge in [0.25, 0.3) is 0 Å². The average molecular weight is 202 g/mol. The maximum Gasteiger partial charge on any atom is 0.249 e. The van der Waals surface area contributed by atoms with Gasteiger partial charge < -0.3 is 20.8 Å². The van der Waals surface area contributed by atoms with Crippen LogP contribution in [-0.2, 0) is 4.79 Å². The number of carbonyl (C=O) groups is 1. The highest BCUT2D eigenvalue weighted by Gasteiger charge is 2.37. The second kappa shape index (κ2) is 4.25. The first kappa shape index (κ1) is 11.4. The topological polar surface area (TPSA) is 86.8 Å². The number of amides is 1. The van der Waals surface area contributed by atoms with Crippen LogP contribution in [-0.4, -0.2) is 52.4 Å². The van der Waals surface area contributed by atoms with Crippen molar-refractivity contribution in [2.24, 2.45) is 5.73 Å². The number of nitrogens with zero attached hydrogens (tertiary/aromatic N) is 1. The van der Waals surface area contributed by atoms with Crippen molar-refractivity contribution in [2.45, 2.75) is 31.5 Å². The highest BCUT2D eigenvalue weighted by molar-refractivity contribution is 5.83. The third kappa shape index (κ3) is 2.67. The fourth-order valence-electron chi connectivity index (χ4n) is 1.73. The highest BCUT2D eigenvalue weighted by atomic mass is 16.3. The van der Waals surface area contributed by atoms with Gasteiger partial charge in [-0.3, -0.25) is 4.79 Å². The van der Waals surface area contributed by atoms with Crippen LogP contribution in [0.3, 0.4) is 0 Å². The van der Waals surface area contributed by atoms with E-state index in [1.54, 1.807) is 6.92 Å². The van der Waals surface area contributed by atoms with Crippen LogP contribution in [0, 0.1) is 0 Å². The predicted octanol–water partition coefficient (Wildman–Crippen LogP) is -1.32. The zero-order valence-corrected chi connectivity index (χ0v) is 8.44. The quantitative estimate of drug-likeness (QED) is 0.530. The smallest absolute Gasteiger partial charge is 0.249 e. The number of rotatable bonds is 3. The number of hydrogen-bond donors (Lipinski definition) is 3. The van der Waals surface area contributed by atoms with Gasteiger partial charge in [-0.25, -0.2) is 0 Å².